The van der Waals surface area contributed by atoms with Gasteiger partial charge in [0.2, 0.25) is 5.95 Å². The molecule has 1 unspecified atom stereocenters. The lowest BCUT2D eigenvalue weighted by atomic mass is 9.67. The zero-order valence-electron chi connectivity index (χ0n) is 22.5. The van der Waals surface area contributed by atoms with E-state index in [1.54, 1.807) is 18.0 Å². The molecule has 9 heteroatoms. The largest absolute Gasteiger partial charge is 0.393 e. The Hall–Kier alpha value is -1.97. The number of nitrogens with zero attached hydrogens (tertiary/aromatic N) is 3. The van der Waals surface area contributed by atoms with Crippen molar-refractivity contribution in [3.05, 3.63) is 35.9 Å². The van der Waals surface area contributed by atoms with E-state index in [0.29, 0.717) is 36.8 Å². The molecule has 4 rings (SSSR count). The van der Waals surface area contributed by atoms with E-state index in [-0.39, 0.29) is 17.3 Å². The lowest BCUT2D eigenvalue weighted by molar-refractivity contribution is 0.104. The topological polar surface area (TPSA) is 95.0 Å². The number of pyridine rings is 1. The number of nitrogens with one attached hydrogen (secondary N) is 3. The number of aromatic nitrogens is 3. The van der Waals surface area contributed by atoms with Crippen LogP contribution in [0.4, 0.5) is 16.2 Å². The van der Waals surface area contributed by atoms with E-state index < -0.39 is 5.82 Å². The van der Waals surface area contributed by atoms with Crippen molar-refractivity contribution in [2.75, 3.05) is 36.5 Å². The minimum Gasteiger partial charge on any atom is -0.393 e. The second-order valence-electron chi connectivity index (χ2n) is 11.5. The summed E-state index contributed by atoms with van der Waals surface area (Å²) < 4.78 is 14.6. The highest BCUT2D eigenvalue weighted by molar-refractivity contribution is 7.98. The number of hydrogen-bond acceptors (Lipinski definition) is 8. The van der Waals surface area contributed by atoms with Gasteiger partial charge in [-0.25, -0.2) is 14.4 Å². The van der Waals surface area contributed by atoms with Crippen molar-refractivity contribution in [3.8, 4) is 0 Å². The van der Waals surface area contributed by atoms with Crippen molar-refractivity contribution < 1.29 is 9.50 Å². The van der Waals surface area contributed by atoms with E-state index in [9.17, 15) is 9.50 Å². The number of anilines is 2. The molecule has 2 heterocycles. The molecule has 0 radical (unpaired) electrons. The molecule has 2 aromatic heterocycles. The molecular formula is C28H43FN6OS. The fraction of sp³-hybridized carbons (Fsp3) is 0.679. The molecule has 0 amide bonds. The van der Waals surface area contributed by atoms with Gasteiger partial charge in [0.1, 0.15) is 5.03 Å². The standard InChI is InChI=1S/C28H43FN6OS/c1-19-11-21(15-30-14-20-6-8-23(36)9-7-20)13-28(2,12-19)18-34-25-24(29)17-33-27(35-25)32-16-22-5-4-10-31-26(22)37-3/h4-5,10,17,19-21,23,30,36H,6-9,11-16,18H2,1-3H3,(H2,32,33,34,35)/t19?,20?,21-,23?,28-/m1/s1. The summed E-state index contributed by atoms with van der Waals surface area (Å²) in [6.07, 6.45) is 12.5. The summed E-state index contributed by atoms with van der Waals surface area (Å²) in [6.45, 7) is 7.94. The summed E-state index contributed by atoms with van der Waals surface area (Å²) in [7, 11) is 0. The summed E-state index contributed by atoms with van der Waals surface area (Å²) in [5.74, 6) is 2.16. The smallest absolute Gasteiger partial charge is 0.225 e. The number of hydrogen-bond donors (Lipinski definition) is 4. The van der Waals surface area contributed by atoms with Crippen LogP contribution in [-0.4, -0.2) is 52.1 Å². The molecule has 0 aliphatic heterocycles. The molecule has 204 valence electrons. The first-order valence-electron chi connectivity index (χ1n) is 13.7. The van der Waals surface area contributed by atoms with Crippen LogP contribution < -0.4 is 16.0 Å². The van der Waals surface area contributed by atoms with Gasteiger partial charge in [-0.15, -0.1) is 11.8 Å². The van der Waals surface area contributed by atoms with E-state index in [0.717, 1.165) is 62.2 Å². The van der Waals surface area contributed by atoms with Gasteiger partial charge in [-0.3, -0.25) is 0 Å². The van der Waals surface area contributed by atoms with Gasteiger partial charge in [0, 0.05) is 24.8 Å². The number of aliphatic hydroxyl groups excluding tert-OH is 1. The monoisotopic (exact) mass is 530 g/mol. The zero-order chi connectivity index (χ0) is 26.3. The second kappa shape index (κ2) is 13.2. The fourth-order valence-corrected chi connectivity index (χ4v) is 6.86. The Morgan fingerprint density at radius 1 is 1.11 bits per heavy atom. The Labute approximate surface area is 225 Å². The van der Waals surface area contributed by atoms with Gasteiger partial charge >= 0.3 is 0 Å². The highest BCUT2D eigenvalue weighted by Crippen LogP contribution is 2.42. The predicted octanol–water partition coefficient (Wildman–Crippen LogP) is 5.34. The van der Waals surface area contributed by atoms with Crippen LogP contribution in [0.25, 0.3) is 0 Å². The maximum Gasteiger partial charge on any atom is 0.225 e. The molecule has 2 fully saturated rings. The summed E-state index contributed by atoms with van der Waals surface area (Å²) in [6, 6.07) is 3.93. The first-order chi connectivity index (χ1) is 17.8. The van der Waals surface area contributed by atoms with Crippen molar-refractivity contribution >= 4 is 23.5 Å². The molecule has 7 nitrogen and oxygen atoms in total. The minimum absolute atomic E-state index is 0.0763. The van der Waals surface area contributed by atoms with Gasteiger partial charge in [0.15, 0.2) is 11.6 Å². The Bertz CT molecular complexity index is 1000. The molecule has 2 saturated carbocycles. The van der Waals surface area contributed by atoms with Crippen LogP contribution in [-0.2, 0) is 6.54 Å². The highest BCUT2D eigenvalue weighted by Gasteiger charge is 2.35. The third-order valence-electron chi connectivity index (χ3n) is 7.95. The van der Waals surface area contributed by atoms with E-state index in [1.807, 2.05) is 18.4 Å². The first kappa shape index (κ1) is 28.0. The third-order valence-corrected chi connectivity index (χ3v) is 8.70. The van der Waals surface area contributed by atoms with Crippen molar-refractivity contribution in [1.29, 1.82) is 0 Å². The van der Waals surface area contributed by atoms with E-state index in [1.165, 1.54) is 12.6 Å². The zero-order valence-corrected chi connectivity index (χ0v) is 23.3. The fourth-order valence-electron chi connectivity index (χ4n) is 6.29. The highest BCUT2D eigenvalue weighted by atomic mass is 32.2. The SMILES string of the molecule is CSc1ncccc1CNc1ncc(F)c(NC[C@]2(C)CC(C)C[C@@H](CNCC3CCC(O)CC3)C2)n1. The van der Waals surface area contributed by atoms with Crippen molar-refractivity contribution in [1.82, 2.24) is 20.3 Å². The predicted molar refractivity (Wildman–Crippen MR) is 149 cm³/mol. The van der Waals surface area contributed by atoms with Crippen LogP contribution in [0, 0.1) is 29.0 Å². The molecule has 0 bridgehead atoms. The van der Waals surface area contributed by atoms with E-state index in [4.69, 9.17) is 0 Å². The Balaban J connectivity index is 1.29. The van der Waals surface area contributed by atoms with Crippen LogP contribution in [0.2, 0.25) is 0 Å². The molecular weight excluding hydrogens is 487 g/mol. The normalized spacial score (nSPS) is 28.1. The third kappa shape index (κ3) is 8.26. The van der Waals surface area contributed by atoms with Crippen LogP contribution in [0.5, 0.6) is 0 Å². The molecule has 2 aliphatic carbocycles. The quantitative estimate of drug-likeness (QED) is 0.289. The Kier molecular flexibility index (Phi) is 10.0. The van der Waals surface area contributed by atoms with Gasteiger partial charge in [0.05, 0.1) is 12.3 Å². The van der Waals surface area contributed by atoms with Crippen LogP contribution >= 0.6 is 11.8 Å². The summed E-state index contributed by atoms with van der Waals surface area (Å²) in [5.41, 5.74) is 1.13. The molecule has 2 aromatic rings. The van der Waals surface area contributed by atoms with Crippen LogP contribution in [0.1, 0.15) is 64.4 Å². The second-order valence-corrected chi connectivity index (χ2v) is 12.3. The molecule has 0 aromatic carbocycles. The van der Waals surface area contributed by atoms with Crippen molar-refractivity contribution in [2.45, 2.75) is 76.5 Å². The van der Waals surface area contributed by atoms with Crippen LogP contribution in [0.15, 0.2) is 29.6 Å². The molecule has 4 N–H and O–H groups in total. The summed E-state index contributed by atoms with van der Waals surface area (Å²) >= 11 is 1.59. The van der Waals surface area contributed by atoms with Crippen LogP contribution in [0.3, 0.4) is 0 Å². The van der Waals surface area contributed by atoms with Gasteiger partial charge in [-0.1, -0.05) is 19.9 Å². The number of rotatable bonds is 11. The molecule has 0 spiro atoms. The van der Waals surface area contributed by atoms with Gasteiger partial charge in [-0.2, -0.15) is 4.98 Å². The number of aliphatic hydroxyl groups is 1. The average molecular weight is 531 g/mol. The number of halogens is 1. The van der Waals surface area contributed by atoms with Crippen molar-refractivity contribution in [3.63, 3.8) is 0 Å². The van der Waals surface area contributed by atoms with E-state index in [2.05, 4.69) is 44.7 Å². The average Bonchev–Trinajstić information content (AvgIpc) is 2.88. The number of thioether (sulfide) groups is 1. The molecule has 3 atom stereocenters. The van der Waals surface area contributed by atoms with E-state index >= 15 is 0 Å². The maximum atomic E-state index is 14.6. The lowest BCUT2D eigenvalue weighted by Gasteiger charge is -2.42. The van der Waals surface area contributed by atoms with Gasteiger partial charge in [-0.05, 0) is 93.5 Å². The van der Waals surface area contributed by atoms with Gasteiger partial charge < -0.3 is 21.1 Å². The molecule has 37 heavy (non-hydrogen) atoms. The molecule has 2 aliphatic rings. The summed E-state index contributed by atoms with van der Waals surface area (Å²) in [4.78, 5) is 13.0. The first-order valence-corrected chi connectivity index (χ1v) is 14.9. The van der Waals surface area contributed by atoms with Gasteiger partial charge in [0.25, 0.3) is 0 Å². The molecule has 0 saturated heterocycles. The minimum atomic E-state index is -0.431. The summed E-state index contributed by atoms with van der Waals surface area (Å²) in [5, 5.41) is 20.9. The van der Waals surface area contributed by atoms with Crippen molar-refractivity contribution in [2.24, 2.45) is 23.2 Å². The Morgan fingerprint density at radius 3 is 2.68 bits per heavy atom. The Morgan fingerprint density at radius 2 is 1.89 bits per heavy atom. The lowest BCUT2D eigenvalue weighted by Crippen LogP contribution is -2.40. The maximum absolute atomic E-state index is 14.6.